The second-order valence-corrected chi connectivity index (χ2v) is 15.5. The van der Waals surface area contributed by atoms with Crippen molar-refractivity contribution in [2.75, 3.05) is 5.73 Å². The Labute approximate surface area is 320 Å². The summed E-state index contributed by atoms with van der Waals surface area (Å²) in [4.78, 5) is 0. The molecule has 0 spiro atoms. The van der Waals surface area contributed by atoms with Gasteiger partial charge in [-0.2, -0.15) is 0 Å². The molecular formula is C42H53ClNO5PPd. The molecule has 0 bridgehead atoms. The van der Waals surface area contributed by atoms with E-state index in [-0.39, 0.29) is 24.4 Å². The first-order valence-electron chi connectivity index (χ1n) is 18.2. The molecule has 0 unspecified atom stereocenters. The van der Waals surface area contributed by atoms with E-state index in [2.05, 4.69) is 33.8 Å². The van der Waals surface area contributed by atoms with Crippen molar-refractivity contribution >= 4 is 28.1 Å². The molecule has 0 heterocycles. The zero-order valence-corrected chi connectivity index (χ0v) is 33.5. The summed E-state index contributed by atoms with van der Waals surface area (Å²) in [5.74, 6) is 1.41. The Balaban J connectivity index is 0.000000323. The van der Waals surface area contributed by atoms with Crippen LogP contribution in [0.25, 0.3) is 22.3 Å². The quantitative estimate of drug-likeness (QED) is 0.0702. The van der Waals surface area contributed by atoms with Crippen molar-refractivity contribution in [2.45, 2.75) is 116 Å². The van der Waals surface area contributed by atoms with Gasteiger partial charge in [-0.1, -0.05) is 86.6 Å². The molecule has 2 saturated carbocycles. The molecule has 9 heteroatoms. The van der Waals surface area contributed by atoms with Gasteiger partial charge in [-0.05, 0) is 83.3 Å². The number of anilines is 1. The van der Waals surface area contributed by atoms with Crippen LogP contribution < -0.4 is 20.5 Å². The maximum absolute atomic E-state index is 14.9. The number of nitrogen functional groups attached to an aromatic ring is 1. The summed E-state index contributed by atoms with van der Waals surface area (Å²) in [5, 5.41) is 0.606. The van der Waals surface area contributed by atoms with Crippen LogP contribution in [-0.2, 0) is 31.8 Å². The summed E-state index contributed by atoms with van der Waals surface area (Å²) in [6.45, 7) is 8.04. The third kappa shape index (κ3) is 12.2. The van der Waals surface area contributed by atoms with E-state index in [0.29, 0.717) is 16.8 Å². The zero-order valence-electron chi connectivity index (χ0n) is 30.3. The molecule has 2 aliphatic carbocycles. The molecule has 0 atom stereocenters. The normalized spacial score (nSPS) is 15.4. The van der Waals surface area contributed by atoms with Crippen LogP contribution >= 0.6 is 17.1 Å². The molecule has 51 heavy (non-hydrogen) atoms. The molecule has 0 aliphatic heterocycles. The van der Waals surface area contributed by atoms with Crippen LogP contribution in [0.3, 0.4) is 0 Å². The van der Waals surface area contributed by atoms with Crippen molar-refractivity contribution in [1.82, 2.24) is 0 Å². The van der Waals surface area contributed by atoms with E-state index in [0.717, 1.165) is 79.3 Å². The number of ether oxygens (including phenoxy) is 2. The van der Waals surface area contributed by atoms with E-state index in [9.17, 15) is 4.57 Å². The average Bonchev–Trinajstić information content (AvgIpc) is 3.14. The maximum atomic E-state index is 14.9. The van der Waals surface area contributed by atoms with Crippen LogP contribution in [0.15, 0.2) is 91.0 Å². The van der Waals surface area contributed by atoms with E-state index in [4.69, 9.17) is 24.3 Å². The van der Waals surface area contributed by atoms with Gasteiger partial charge in [0.25, 0.3) is 0 Å². The molecule has 2 N–H and O–H groups in total. The summed E-state index contributed by atoms with van der Waals surface area (Å²) in [6.07, 6.45) is 10.4. The van der Waals surface area contributed by atoms with Crippen molar-refractivity contribution in [1.29, 1.82) is 0 Å². The van der Waals surface area contributed by atoms with Gasteiger partial charge in [0.05, 0.1) is 35.3 Å². The predicted octanol–water partition coefficient (Wildman–Crippen LogP) is 11.9. The molecule has 0 radical (unpaired) electrons. The van der Waals surface area contributed by atoms with Crippen molar-refractivity contribution in [3.8, 4) is 33.8 Å². The van der Waals surface area contributed by atoms with Crippen molar-refractivity contribution in [2.24, 2.45) is 0 Å². The number of hydrogen-bond acceptors (Lipinski definition) is 6. The van der Waals surface area contributed by atoms with Crippen molar-refractivity contribution < 1.29 is 41.3 Å². The fourth-order valence-corrected chi connectivity index (χ4v) is 8.81. The minimum atomic E-state index is -3.63. The van der Waals surface area contributed by atoms with Gasteiger partial charge < -0.3 is 24.3 Å². The first kappa shape index (κ1) is 41.1. The second-order valence-electron chi connectivity index (χ2n) is 13.6. The number of halogens is 1. The van der Waals surface area contributed by atoms with Crippen LogP contribution in [0, 0.1) is 6.07 Å². The number of rotatable bonds is 11. The third-order valence-electron chi connectivity index (χ3n) is 8.82. The molecule has 278 valence electrons. The van der Waals surface area contributed by atoms with Gasteiger partial charge in [0, 0.05) is 5.56 Å². The fourth-order valence-electron chi connectivity index (χ4n) is 6.58. The Morgan fingerprint density at radius 3 is 1.65 bits per heavy atom. The molecule has 2 aliphatic rings. The summed E-state index contributed by atoms with van der Waals surface area (Å²) in [5.41, 5.74) is 10.3. The summed E-state index contributed by atoms with van der Waals surface area (Å²) in [7, 11) is 0.858. The zero-order chi connectivity index (χ0) is 36.6. The van der Waals surface area contributed by atoms with E-state index in [1.807, 2.05) is 119 Å². The van der Waals surface area contributed by atoms with E-state index >= 15 is 0 Å². The molecule has 4 aromatic rings. The monoisotopic (exact) mass is 823 g/mol. The van der Waals surface area contributed by atoms with Crippen molar-refractivity contribution in [3.63, 3.8) is 0 Å². The first-order valence-corrected chi connectivity index (χ1v) is 21.7. The number of para-hydroxylation sites is 1. The van der Waals surface area contributed by atoms with Gasteiger partial charge in [0.15, 0.2) is 0 Å². The summed E-state index contributed by atoms with van der Waals surface area (Å²) >= 11 is 2.22. The Bertz CT molecular complexity index is 1610. The molecular weight excluding hydrogens is 771 g/mol. The average molecular weight is 825 g/mol. The molecule has 0 aromatic heterocycles. The van der Waals surface area contributed by atoms with Crippen LogP contribution in [0.2, 0.25) is 0 Å². The number of benzene rings is 4. The molecule has 6 rings (SSSR count). The van der Waals surface area contributed by atoms with Crippen molar-refractivity contribution in [3.05, 3.63) is 97.1 Å². The predicted molar refractivity (Wildman–Crippen MR) is 208 cm³/mol. The van der Waals surface area contributed by atoms with E-state index < -0.39 is 7.60 Å². The van der Waals surface area contributed by atoms with Crippen LogP contribution in [0.1, 0.15) is 91.9 Å². The standard InChI is InChI=1S/C30H43O5P.C12H10N.ClH.Pd/c1-22(2)32-27-19-13-20-28(33-23(3)4)30(27)26-18-11-12-21-29(26)36(31,34-24-14-7-5-8-15-24)35-25-16-9-6-10-17-25;13-12-9-5-4-8-11(12)10-6-2-1-3-7-10;;/h11-13,18-25H,5-10,14-17H2,1-4H3;1-6,8-9H,13H2;1H;/q;-1;;+2/p-1. The Hall–Kier alpha value is -2.62. The Morgan fingerprint density at radius 2 is 1.16 bits per heavy atom. The Kier molecular flexibility index (Phi) is 17.1. The molecule has 2 fully saturated rings. The Morgan fingerprint density at radius 1 is 0.667 bits per heavy atom. The second kappa shape index (κ2) is 21.2. The first-order chi connectivity index (χ1) is 24.7. The molecule has 4 aromatic carbocycles. The summed E-state index contributed by atoms with van der Waals surface area (Å²) < 4.78 is 40.4. The van der Waals surface area contributed by atoms with Crippen LogP contribution in [-0.4, -0.2) is 24.4 Å². The van der Waals surface area contributed by atoms with E-state index in [1.54, 1.807) is 0 Å². The molecule has 6 nitrogen and oxygen atoms in total. The van der Waals surface area contributed by atoms with Gasteiger partial charge in [-0.3, -0.25) is 4.57 Å². The van der Waals surface area contributed by atoms with Crippen LogP contribution in [0.5, 0.6) is 11.5 Å². The van der Waals surface area contributed by atoms with Gasteiger partial charge in [0.1, 0.15) is 11.5 Å². The van der Waals surface area contributed by atoms with E-state index in [1.165, 1.54) is 12.8 Å². The summed E-state index contributed by atoms with van der Waals surface area (Å²) in [6, 6.07) is 32.4. The van der Waals surface area contributed by atoms with Gasteiger partial charge in [-0.25, -0.2) is 0 Å². The van der Waals surface area contributed by atoms with Gasteiger partial charge >= 0.3 is 35.3 Å². The minimum absolute atomic E-state index is 0.0194. The SMILES string of the molecule is CC(C)Oc1cccc(OC(C)C)c1-c1ccccc1P(=O)(OC1CCCCC1)OC1CCCCC1.Nc1ccccc1-c1[c-]cccc1.[Cl][Pd+]. The van der Waals surface area contributed by atoms with Gasteiger partial charge in [-0.15, -0.1) is 35.9 Å². The molecule has 0 saturated heterocycles. The molecule has 0 amide bonds. The van der Waals surface area contributed by atoms with Crippen LogP contribution in [0.4, 0.5) is 5.69 Å². The third-order valence-corrected chi connectivity index (χ3v) is 11.0. The fraction of sp³-hybridized carbons (Fsp3) is 0.429. The van der Waals surface area contributed by atoms with Gasteiger partial charge in [0.2, 0.25) is 0 Å². The number of nitrogens with two attached hydrogens (primary N) is 1. The topological polar surface area (TPSA) is 80.0 Å². The number of hydrogen-bond donors (Lipinski definition) is 1.